The van der Waals surface area contributed by atoms with Crippen molar-refractivity contribution in [1.29, 1.82) is 0 Å². The first kappa shape index (κ1) is 15.9. The molecule has 1 aliphatic rings. The van der Waals surface area contributed by atoms with Crippen LogP contribution in [-0.2, 0) is 14.6 Å². The Morgan fingerprint density at radius 1 is 1.22 bits per heavy atom. The lowest BCUT2D eigenvalue weighted by Crippen LogP contribution is -2.35. The number of nitrogens with one attached hydrogen (secondary N) is 1. The highest BCUT2D eigenvalue weighted by Gasteiger charge is 2.20. The third-order valence-electron chi connectivity index (χ3n) is 3.37. The fourth-order valence-corrected chi connectivity index (χ4v) is 3.00. The Morgan fingerprint density at radius 3 is 2.44 bits per heavy atom. The van der Waals surface area contributed by atoms with Crippen molar-refractivity contribution in [3.63, 3.8) is 0 Å². The van der Waals surface area contributed by atoms with Crippen LogP contribution >= 0.6 is 0 Å². The number of sulfone groups is 1. The smallest absolute Gasteiger partial charge is 0.147 e. The molecular formula is C13H27NO3S. The normalized spacial score (nSPS) is 25.2. The van der Waals surface area contributed by atoms with Crippen molar-refractivity contribution in [1.82, 2.24) is 5.32 Å². The van der Waals surface area contributed by atoms with Gasteiger partial charge in [-0.15, -0.1) is 0 Å². The molecule has 108 valence electrons. The number of hydrogen-bond donors (Lipinski definition) is 1. The van der Waals surface area contributed by atoms with Crippen LogP contribution in [0.4, 0.5) is 0 Å². The molecule has 5 heteroatoms. The maximum atomic E-state index is 11.0. The van der Waals surface area contributed by atoms with E-state index in [1.165, 1.54) is 25.5 Å². The molecule has 0 aromatic rings. The van der Waals surface area contributed by atoms with Crippen LogP contribution in [0.15, 0.2) is 0 Å². The SMILES string of the molecule is CCCNC1CCC(OCCCS(C)(=O)=O)CC1. The van der Waals surface area contributed by atoms with Crippen molar-refractivity contribution in [2.24, 2.45) is 0 Å². The minimum atomic E-state index is -2.84. The summed E-state index contributed by atoms with van der Waals surface area (Å²) in [5, 5.41) is 3.54. The molecule has 18 heavy (non-hydrogen) atoms. The summed E-state index contributed by atoms with van der Waals surface area (Å²) in [5.41, 5.74) is 0. The van der Waals surface area contributed by atoms with E-state index in [9.17, 15) is 8.42 Å². The van der Waals surface area contributed by atoms with Crippen LogP contribution in [0.25, 0.3) is 0 Å². The molecule has 1 N–H and O–H groups in total. The summed E-state index contributed by atoms with van der Waals surface area (Å²) in [5.74, 6) is 0.237. The topological polar surface area (TPSA) is 55.4 Å². The van der Waals surface area contributed by atoms with Gasteiger partial charge in [0.2, 0.25) is 0 Å². The molecule has 0 atom stereocenters. The second kappa shape index (κ2) is 8.12. The Hall–Kier alpha value is -0.130. The van der Waals surface area contributed by atoms with Gasteiger partial charge in [0.05, 0.1) is 11.9 Å². The molecule has 1 aliphatic carbocycles. The van der Waals surface area contributed by atoms with E-state index in [2.05, 4.69) is 12.2 Å². The summed E-state index contributed by atoms with van der Waals surface area (Å²) in [4.78, 5) is 0. The molecule has 0 heterocycles. The summed E-state index contributed by atoms with van der Waals surface area (Å²) in [7, 11) is -2.84. The van der Waals surface area contributed by atoms with Gasteiger partial charge in [0, 0.05) is 18.9 Å². The Labute approximate surface area is 111 Å². The monoisotopic (exact) mass is 277 g/mol. The molecule has 0 spiro atoms. The molecule has 1 saturated carbocycles. The molecule has 0 saturated heterocycles. The van der Waals surface area contributed by atoms with Gasteiger partial charge in [0.1, 0.15) is 9.84 Å². The van der Waals surface area contributed by atoms with Crippen LogP contribution in [0.2, 0.25) is 0 Å². The van der Waals surface area contributed by atoms with Crippen LogP contribution < -0.4 is 5.32 Å². The molecule has 1 fully saturated rings. The van der Waals surface area contributed by atoms with E-state index in [0.717, 1.165) is 19.4 Å². The van der Waals surface area contributed by atoms with Crippen molar-refractivity contribution < 1.29 is 13.2 Å². The molecule has 0 bridgehead atoms. The quantitative estimate of drug-likeness (QED) is 0.687. The van der Waals surface area contributed by atoms with Crippen LogP contribution in [0.1, 0.15) is 45.4 Å². The third kappa shape index (κ3) is 7.34. The summed E-state index contributed by atoms with van der Waals surface area (Å²) >= 11 is 0. The number of rotatable bonds is 8. The lowest BCUT2D eigenvalue weighted by atomic mass is 9.93. The highest BCUT2D eigenvalue weighted by Crippen LogP contribution is 2.21. The summed E-state index contributed by atoms with van der Waals surface area (Å²) < 4.78 is 27.7. The van der Waals surface area contributed by atoms with Crippen molar-refractivity contribution >= 4 is 9.84 Å². The lowest BCUT2D eigenvalue weighted by molar-refractivity contribution is 0.0232. The molecule has 0 radical (unpaired) electrons. The van der Waals surface area contributed by atoms with Crippen LogP contribution in [0.5, 0.6) is 0 Å². The zero-order chi connectivity index (χ0) is 13.4. The highest BCUT2D eigenvalue weighted by molar-refractivity contribution is 7.90. The van der Waals surface area contributed by atoms with E-state index in [4.69, 9.17) is 4.74 Å². The standard InChI is InChI=1S/C13H27NO3S/c1-3-9-14-12-5-7-13(8-6-12)17-10-4-11-18(2,15)16/h12-14H,3-11H2,1-2H3. The first-order chi connectivity index (χ1) is 8.51. The number of ether oxygens (including phenoxy) is 1. The Kier molecular flexibility index (Phi) is 7.19. The lowest BCUT2D eigenvalue weighted by Gasteiger charge is -2.29. The second-order valence-electron chi connectivity index (χ2n) is 5.28. The Balaban J connectivity index is 2.05. The fraction of sp³-hybridized carbons (Fsp3) is 1.00. The van der Waals surface area contributed by atoms with Crippen LogP contribution in [0, 0.1) is 0 Å². The van der Waals surface area contributed by atoms with Crippen molar-refractivity contribution in [3.05, 3.63) is 0 Å². The summed E-state index contributed by atoms with van der Waals surface area (Å²) in [6.07, 6.45) is 7.96. The van der Waals surface area contributed by atoms with Gasteiger partial charge in [-0.25, -0.2) is 8.42 Å². The first-order valence-electron chi connectivity index (χ1n) is 7.04. The fourth-order valence-electron chi connectivity index (χ4n) is 2.35. The number of hydrogen-bond acceptors (Lipinski definition) is 4. The maximum Gasteiger partial charge on any atom is 0.147 e. The second-order valence-corrected chi connectivity index (χ2v) is 7.54. The van der Waals surface area contributed by atoms with E-state index in [-0.39, 0.29) is 5.75 Å². The van der Waals surface area contributed by atoms with Crippen LogP contribution in [0.3, 0.4) is 0 Å². The minimum Gasteiger partial charge on any atom is -0.378 e. The van der Waals surface area contributed by atoms with E-state index >= 15 is 0 Å². The van der Waals surface area contributed by atoms with Gasteiger partial charge in [-0.1, -0.05) is 6.92 Å². The maximum absolute atomic E-state index is 11.0. The van der Waals surface area contributed by atoms with Crippen molar-refractivity contribution in [2.75, 3.05) is 25.2 Å². The van der Waals surface area contributed by atoms with Gasteiger partial charge in [-0.05, 0) is 45.1 Å². The molecular weight excluding hydrogens is 250 g/mol. The van der Waals surface area contributed by atoms with Gasteiger partial charge in [0.25, 0.3) is 0 Å². The molecule has 1 rings (SSSR count). The Morgan fingerprint density at radius 2 is 1.89 bits per heavy atom. The zero-order valence-electron chi connectivity index (χ0n) is 11.7. The van der Waals surface area contributed by atoms with E-state index in [1.54, 1.807) is 0 Å². The minimum absolute atomic E-state index is 0.237. The molecule has 0 aromatic carbocycles. The van der Waals surface area contributed by atoms with Crippen molar-refractivity contribution in [3.8, 4) is 0 Å². The molecule has 4 nitrogen and oxygen atoms in total. The summed E-state index contributed by atoms with van der Waals surface area (Å²) in [6.45, 7) is 3.86. The molecule has 0 amide bonds. The van der Waals surface area contributed by atoms with Gasteiger partial charge in [-0.2, -0.15) is 0 Å². The highest BCUT2D eigenvalue weighted by atomic mass is 32.2. The van der Waals surface area contributed by atoms with Gasteiger partial charge in [-0.3, -0.25) is 0 Å². The first-order valence-corrected chi connectivity index (χ1v) is 9.10. The van der Waals surface area contributed by atoms with Gasteiger partial charge in [0.15, 0.2) is 0 Å². The zero-order valence-corrected chi connectivity index (χ0v) is 12.5. The Bertz CT molecular complexity index is 308. The third-order valence-corrected chi connectivity index (χ3v) is 4.40. The van der Waals surface area contributed by atoms with Crippen LogP contribution in [-0.4, -0.2) is 45.7 Å². The summed E-state index contributed by atoms with van der Waals surface area (Å²) in [6, 6.07) is 0.654. The van der Waals surface area contributed by atoms with Gasteiger partial charge < -0.3 is 10.1 Å². The average Bonchev–Trinajstić information content (AvgIpc) is 2.32. The average molecular weight is 277 g/mol. The van der Waals surface area contributed by atoms with E-state index in [0.29, 0.717) is 25.2 Å². The predicted molar refractivity (Wildman–Crippen MR) is 74.6 cm³/mol. The largest absolute Gasteiger partial charge is 0.378 e. The molecule has 0 unspecified atom stereocenters. The van der Waals surface area contributed by atoms with Crippen molar-refractivity contribution in [2.45, 2.75) is 57.6 Å². The van der Waals surface area contributed by atoms with E-state index in [1.807, 2.05) is 0 Å². The van der Waals surface area contributed by atoms with Gasteiger partial charge >= 0.3 is 0 Å². The molecule has 0 aliphatic heterocycles. The van der Waals surface area contributed by atoms with E-state index < -0.39 is 9.84 Å². The predicted octanol–water partition coefficient (Wildman–Crippen LogP) is 1.75. The molecule has 0 aromatic heterocycles.